The summed E-state index contributed by atoms with van der Waals surface area (Å²) in [7, 11) is 0. The third-order valence-corrected chi connectivity index (χ3v) is 0.537. The van der Waals surface area contributed by atoms with Gasteiger partial charge in [-0.25, -0.2) is 0 Å². The molecule has 0 aromatic rings. The molecule has 36 valence electrons. The van der Waals surface area contributed by atoms with Crippen LogP contribution in [0.5, 0.6) is 0 Å². The van der Waals surface area contributed by atoms with E-state index in [-0.39, 0.29) is 0 Å². The summed E-state index contributed by atoms with van der Waals surface area (Å²) in [5.74, 6) is 0. The van der Waals surface area contributed by atoms with Crippen LogP contribution in [-0.4, -0.2) is 11.2 Å². The summed E-state index contributed by atoms with van der Waals surface area (Å²) in [6.07, 6.45) is -0.565. The van der Waals surface area contributed by atoms with Crippen molar-refractivity contribution in [3.63, 3.8) is 0 Å². The van der Waals surface area contributed by atoms with E-state index in [1.807, 2.05) is 0 Å². The zero-order valence-electron chi connectivity index (χ0n) is 3.81. The van der Waals surface area contributed by atoms with E-state index in [0.29, 0.717) is 5.70 Å². The topological polar surface area (TPSA) is 46.2 Å². The number of aliphatic hydroxyl groups is 1. The lowest BCUT2D eigenvalue weighted by atomic mass is 10.3. The molecule has 2 heteroatoms. The van der Waals surface area contributed by atoms with Gasteiger partial charge in [0.15, 0.2) is 0 Å². The summed E-state index contributed by atoms with van der Waals surface area (Å²) in [6, 6.07) is 0. The first-order valence-corrected chi connectivity index (χ1v) is 1.77. The van der Waals surface area contributed by atoms with Gasteiger partial charge in [0.2, 0.25) is 0 Å². The molecule has 0 saturated carbocycles. The molecule has 2 nitrogen and oxygen atoms in total. The van der Waals surface area contributed by atoms with E-state index in [0.717, 1.165) is 0 Å². The molecule has 0 amide bonds. The minimum atomic E-state index is -0.565. The Bertz CT molecular complexity index is 58.6. The summed E-state index contributed by atoms with van der Waals surface area (Å²) in [6.45, 7) is 4.85. The first-order chi connectivity index (χ1) is 2.64. The number of aliphatic hydroxyl groups excluding tert-OH is 1. The van der Waals surface area contributed by atoms with Gasteiger partial charge in [-0.2, -0.15) is 0 Å². The molecule has 0 aliphatic rings. The fraction of sp³-hybridized carbons (Fsp3) is 0.500. The normalized spacial score (nSPS) is 13.7. The maximum atomic E-state index is 8.41. The molecule has 6 heavy (non-hydrogen) atoms. The second-order valence-corrected chi connectivity index (χ2v) is 1.25. The third-order valence-electron chi connectivity index (χ3n) is 0.537. The van der Waals surface area contributed by atoms with Crippen LogP contribution in [0.3, 0.4) is 0 Å². The Morgan fingerprint density at radius 3 is 2.17 bits per heavy atom. The highest BCUT2D eigenvalue weighted by molar-refractivity contribution is 4.91. The Labute approximate surface area is 37.3 Å². The Kier molecular flexibility index (Phi) is 1.67. The van der Waals surface area contributed by atoms with E-state index in [1.165, 1.54) is 0 Å². The second-order valence-electron chi connectivity index (χ2n) is 1.25. The van der Waals surface area contributed by atoms with E-state index < -0.39 is 6.10 Å². The van der Waals surface area contributed by atoms with Gasteiger partial charge >= 0.3 is 0 Å². The molecule has 1 atom stereocenters. The van der Waals surface area contributed by atoms with Crippen molar-refractivity contribution in [2.24, 2.45) is 5.73 Å². The molecule has 3 N–H and O–H groups in total. The highest BCUT2D eigenvalue weighted by Crippen LogP contribution is 1.83. The fourth-order valence-corrected chi connectivity index (χ4v) is 0. The Morgan fingerprint density at radius 2 is 2.17 bits per heavy atom. The van der Waals surface area contributed by atoms with Crippen molar-refractivity contribution in [1.29, 1.82) is 0 Å². The average molecular weight is 87.1 g/mol. The van der Waals surface area contributed by atoms with Gasteiger partial charge in [-0.15, -0.1) is 0 Å². The van der Waals surface area contributed by atoms with Gasteiger partial charge in [-0.1, -0.05) is 6.58 Å². The maximum absolute atomic E-state index is 8.41. The molecule has 0 bridgehead atoms. The first-order valence-electron chi connectivity index (χ1n) is 1.77. The molecule has 0 radical (unpaired) electrons. The smallest absolute Gasteiger partial charge is 0.0898 e. The average Bonchev–Trinajstić information content (AvgIpc) is 1.36. The van der Waals surface area contributed by atoms with Crippen molar-refractivity contribution < 1.29 is 5.11 Å². The van der Waals surface area contributed by atoms with E-state index in [9.17, 15) is 0 Å². The summed E-state index contributed by atoms with van der Waals surface area (Å²) in [4.78, 5) is 0. The van der Waals surface area contributed by atoms with Crippen LogP contribution in [0.15, 0.2) is 12.3 Å². The van der Waals surface area contributed by atoms with E-state index in [4.69, 9.17) is 10.8 Å². The lowest BCUT2D eigenvalue weighted by Crippen LogP contribution is -2.10. The second kappa shape index (κ2) is 1.82. The Balaban J connectivity index is 3.26. The molecule has 0 spiro atoms. The molecule has 0 fully saturated rings. The lowest BCUT2D eigenvalue weighted by Gasteiger charge is -1.97. The Morgan fingerprint density at radius 1 is 2.00 bits per heavy atom. The zero-order chi connectivity index (χ0) is 5.15. The number of rotatable bonds is 1. The number of hydrogen-bond acceptors (Lipinski definition) is 2. The quantitative estimate of drug-likeness (QED) is 0.466. The van der Waals surface area contributed by atoms with Gasteiger partial charge in [-0.3, -0.25) is 0 Å². The van der Waals surface area contributed by atoms with Gasteiger partial charge in [0.1, 0.15) is 0 Å². The molecule has 0 aromatic heterocycles. The largest absolute Gasteiger partial charge is 0.400 e. The summed E-state index contributed by atoms with van der Waals surface area (Å²) < 4.78 is 0. The predicted molar refractivity (Wildman–Crippen MR) is 25.0 cm³/mol. The molecule has 0 unspecified atom stereocenters. The minimum absolute atomic E-state index is 0.315. The van der Waals surface area contributed by atoms with Gasteiger partial charge in [0, 0.05) is 5.70 Å². The molecule has 0 saturated heterocycles. The molecule has 0 rings (SSSR count). The van der Waals surface area contributed by atoms with E-state index >= 15 is 0 Å². The van der Waals surface area contributed by atoms with Crippen molar-refractivity contribution in [1.82, 2.24) is 0 Å². The van der Waals surface area contributed by atoms with Crippen LogP contribution in [0, 0.1) is 0 Å². The Hall–Kier alpha value is -0.500. The van der Waals surface area contributed by atoms with Crippen LogP contribution in [0.4, 0.5) is 0 Å². The third kappa shape index (κ3) is 1.79. The molecular formula is C4H9NO. The zero-order valence-corrected chi connectivity index (χ0v) is 3.81. The van der Waals surface area contributed by atoms with Crippen molar-refractivity contribution in [3.05, 3.63) is 12.3 Å². The summed E-state index contributed by atoms with van der Waals surface area (Å²) in [5, 5.41) is 8.41. The van der Waals surface area contributed by atoms with Crippen molar-refractivity contribution in [3.8, 4) is 0 Å². The lowest BCUT2D eigenvalue weighted by molar-refractivity contribution is 0.230. The van der Waals surface area contributed by atoms with E-state index in [2.05, 4.69) is 6.58 Å². The SMILES string of the molecule is C=C(N)[C@@H](C)O. The van der Waals surface area contributed by atoms with Crippen LogP contribution in [0.25, 0.3) is 0 Å². The molecule has 0 aromatic carbocycles. The van der Waals surface area contributed by atoms with Crippen LogP contribution >= 0.6 is 0 Å². The summed E-state index contributed by atoms with van der Waals surface area (Å²) >= 11 is 0. The van der Waals surface area contributed by atoms with Gasteiger partial charge in [0.25, 0.3) is 0 Å². The molecule has 0 heterocycles. The van der Waals surface area contributed by atoms with Crippen LogP contribution in [0.2, 0.25) is 0 Å². The van der Waals surface area contributed by atoms with Gasteiger partial charge in [-0.05, 0) is 6.92 Å². The maximum Gasteiger partial charge on any atom is 0.0898 e. The monoisotopic (exact) mass is 87.1 g/mol. The van der Waals surface area contributed by atoms with Crippen molar-refractivity contribution in [2.45, 2.75) is 13.0 Å². The first kappa shape index (κ1) is 5.50. The molecule has 0 aliphatic carbocycles. The minimum Gasteiger partial charge on any atom is -0.400 e. The van der Waals surface area contributed by atoms with Gasteiger partial charge < -0.3 is 10.8 Å². The highest BCUT2D eigenvalue weighted by Gasteiger charge is 1.90. The summed E-state index contributed by atoms with van der Waals surface area (Å²) in [5.41, 5.74) is 5.31. The standard InChI is InChI=1S/C4H9NO/c1-3(5)4(2)6/h4,6H,1,5H2,2H3/t4-/m1/s1. The van der Waals surface area contributed by atoms with Crippen LogP contribution < -0.4 is 5.73 Å². The fourth-order valence-electron chi connectivity index (χ4n) is 0. The van der Waals surface area contributed by atoms with E-state index in [1.54, 1.807) is 6.92 Å². The van der Waals surface area contributed by atoms with Crippen molar-refractivity contribution >= 4 is 0 Å². The molecular weight excluding hydrogens is 78.0 g/mol. The van der Waals surface area contributed by atoms with Gasteiger partial charge in [0.05, 0.1) is 6.10 Å². The van der Waals surface area contributed by atoms with Crippen LogP contribution in [-0.2, 0) is 0 Å². The predicted octanol–water partition coefficient (Wildman–Crippen LogP) is -0.160. The molecule has 0 aliphatic heterocycles. The van der Waals surface area contributed by atoms with Crippen LogP contribution in [0.1, 0.15) is 6.92 Å². The number of hydrogen-bond donors (Lipinski definition) is 2. The number of nitrogens with two attached hydrogens (primary N) is 1. The van der Waals surface area contributed by atoms with Crippen molar-refractivity contribution in [2.75, 3.05) is 0 Å². The highest BCUT2D eigenvalue weighted by atomic mass is 16.3.